The van der Waals surface area contributed by atoms with E-state index < -0.39 is 17.2 Å². The van der Waals surface area contributed by atoms with Gasteiger partial charge in [-0.3, -0.25) is 4.79 Å². The Labute approximate surface area is 172 Å². The Morgan fingerprint density at radius 3 is 2.41 bits per heavy atom. The number of aryl methyl sites for hydroxylation is 2. The Kier molecular flexibility index (Phi) is 7.84. The number of nitrogens with one attached hydrogen (secondary N) is 1. The van der Waals surface area contributed by atoms with Crippen molar-refractivity contribution in [3.8, 4) is 11.8 Å². The average molecular weight is 404 g/mol. The maximum atomic E-state index is 12.9. The molecule has 0 saturated heterocycles. The summed E-state index contributed by atoms with van der Waals surface area (Å²) in [6.45, 7) is 12.8. The standard InChI is InChI=1S/C20H27N3O4.C2H6/c1-12-14(18(25)27-20(4,5)9-10-21)15-13(7-8-19(2,3)26)11-23(6)17(24)16(15)22-12;1-2/h11,22,26H,9-10,21H2,1-6H3;1-2H3. The summed E-state index contributed by atoms with van der Waals surface area (Å²) in [5.74, 6) is 5.07. The van der Waals surface area contributed by atoms with E-state index in [2.05, 4.69) is 16.8 Å². The van der Waals surface area contributed by atoms with Crippen LogP contribution in [0, 0.1) is 18.8 Å². The molecule has 7 nitrogen and oxygen atoms in total. The van der Waals surface area contributed by atoms with Crippen LogP contribution < -0.4 is 11.3 Å². The molecule has 0 fully saturated rings. The van der Waals surface area contributed by atoms with Crippen molar-refractivity contribution < 1.29 is 14.6 Å². The molecule has 2 rings (SSSR count). The third-order valence-electron chi connectivity index (χ3n) is 4.14. The van der Waals surface area contributed by atoms with Gasteiger partial charge in [0, 0.05) is 24.3 Å². The fourth-order valence-electron chi connectivity index (χ4n) is 2.82. The van der Waals surface area contributed by atoms with Gasteiger partial charge in [-0.15, -0.1) is 0 Å². The van der Waals surface area contributed by atoms with Crippen LogP contribution in [0.1, 0.15) is 69.6 Å². The van der Waals surface area contributed by atoms with E-state index in [1.54, 1.807) is 47.9 Å². The van der Waals surface area contributed by atoms with E-state index >= 15 is 0 Å². The molecule has 0 aliphatic rings. The van der Waals surface area contributed by atoms with Crippen LogP contribution in [-0.4, -0.2) is 38.4 Å². The van der Waals surface area contributed by atoms with Gasteiger partial charge >= 0.3 is 5.97 Å². The molecule has 7 heteroatoms. The quantitative estimate of drug-likeness (QED) is 0.537. The minimum absolute atomic E-state index is 0.271. The second-order valence-electron chi connectivity index (χ2n) is 7.83. The number of nitrogens with zero attached hydrogens (tertiary/aromatic N) is 1. The fraction of sp³-hybridized carbons (Fsp3) is 0.545. The van der Waals surface area contributed by atoms with Crippen LogP contribution in [-0.2, 0) is 11.8 Å². The van der Waals surface area contributed by atoms with Crippen molar-refractivity contribution in [2.45, 2.75) is 66.1 Å². The molecule has 0 radical (unpaired) electrons. The van der Waals surface area contributed by atoms with Crippen molar-refractivity contribution in [3.63, 3.8) is 0 Å². The smallest absolute Gasteiger partial charge is 0.341 e. The highest BCUT2D eigenvalue weighted by molar-refractivity contribution is 6.07. The molecule has 0 unspecified atom stereocenters. The Hall–Kier alpha value is -2.56. The third kappa shape index (κ3) is 5.96. The number of aliphatic hydroxyl groups is 1. The zero-order valence-electron chi connectivity index (χ0n) is 18.7. The summed E-state index contributed by atoms with van der Waals surface area (Å²) >= 11 is 0. The Morgan fingerprint density at radius 2 is 1.90 bits per heavy atom. The van der Waals surface area contributed by atoms with Crippen LogP contribution in [0.15, 0.2) is 11.0 Å². The van der Waals surface area contributed by atoms with Crippen LogP contribution in [0.3, 0.4) is 0 Å². The van der Waals surface area contributed by atoms with Crippen molar-refractivity contribution in [3.05, 3.63) is 33.4 Å². The molecule has 0 aliphatic heterocycles. The van der Waals surface area contributed by atoms with Crippen LogP contribution >= 0.6 is 0 Å². The zero-order chi connectivity index (χ0) is 22.6. The second-order valence-corrected chi connectivity index (χ2v) is 7.83. The molecule has 160 valence electrons. The van der Waals surface area contributed by atoms with Crippen LogP contribution in [0.4, 0.5) is 0 Å². The highest BCUT2D eigenvalue weighted by atomic mass is 16.6. The molecule has 0 atom stereocenters. The summed E-state index contributed by atoms with van der Waals surface area (Å²) in [6.07, 6.45) is 2.06. The summed E-state index contributed by atoms with van der Waals surface area (Å²) in [4.78, 5) is 28.4. The predicted molar refractivity (Wildman–Crippen MR) is 116 cm³/mol. The number of carbonyl (C=O) groups is 1. The maximum Gasteiger partial charge on any atom is 0.341 e. The van der Waals surface area contributed by atoms with E-state index in [1.807, 2.05) is 13.8 Å². The number of pyridine rings is 1. The average Bonchev–Trinajstić information content (AvgIpc) is 2.95. The molecule has 2 aromatic rings. The lowest BCUT2D eigenvalue weighted by molar-refractivity contribution is -0.00321. The van der Waals surface area contributed by atoms with Gasteiger partial charge in [0.05, 0.1) is 11.1 Å². The molecular formula is C22H33N3O4. The minimum atomic E-state index is -1.21. The van der Waals surface area contributed by atoms with Crippen molar-refractivity contribution in [2.24, 2.45) is 12.8 Å². The van der Waals surface area contributed by atoms with Crippen molar-refractivity contribution in [1.29, 1.82) is 0 Å². The molecule has 0 saturated carbocycles. The number of hydrogen-bond donors (Lipinski definition) is 3. The SMILES string of the molecule is CC.Cc1[nH]c2c(=O)n(C)cc(C#CC(C)(C)O)c2c1C(=O)OC(C)(C)CCN. The van der Waals surface area contributed by atoms with Gasteiger partial charge in [-0.05, 0) is 47.6 Å². The first-order chi connectivity index (χ1) is 13.4. The Morgan fingerprint density at radius 1 is 1.31 bits per heavy atom. The largest absolute Gasteiger partial charge is 0.456 e. The first-order valence-corrected chi connectivity index (χ1v) is 9.77. The highest BCUT2D eigenvalue weighted by Crippen LogP contribution is 2.26. The summed E-state index contributed by atoms with van der Waals surface area (Å²) in [5.41, 5.74) is 4.90. The molecule has 0 spiro atoms. The lowest BCUT2D eigenvalue weighted by atomic mass is 10.0. The molecule has 4 N–H and O–H groups in total. The van der Waals surface area contributed by atoms with Gasteiger partial charge in [-0.25, -0.2) is 4.79 Å². The van der Waals surface area contributed by atoms with Crippen molar-refractivity contribution in [2.75, 3.05) is 6.54 Å². The van der Waals surface area contributed by atoms with Crippen LogP contribution in [0.25, 0.3) is 10.9 Å². The summed E-state index contributed by atoms with van der Waals surface area (Å²) in [6, 6.07) is 0. The van der Waals surface area contributed by atoms with Gasteiger partial charge in [-0.1, -0.05) is 25.7 Å². The van der Waals surface area contributed by atoms with Gasteiger partial charge in [0.2, 0.25) is 0 Å². The number of fused-ring (bicyclic) bond motifs is 1. The molecule has 2 aromatic heterocycles. The number of H-pyrrole nitrogens is 1. The molecule has 29 heavy (non-hydrogen) atoms. The number of nitrogens with two attached hydrogens (primary N) is 1. The maximum absolute atomic E-state index is 12.9. The monoisotopic (exact) mass is 403 g/mol. The number of ether oxygens (including phenoxy) is 1. The normalized spacial score (nSPS) is 11.4. The van der Waals surface area contributed by atoms with Crippen LogP contribution in [0.2, 0.25) is 0 Å². The number of rotatable bonds is 4. The van der Waals surface area contributed by atoms with Gasteiger partial charge in [0.25, 0.3) is 5.56 Å². The topological polar surface area (TPSA) is 110 Å². The van der Waals surface area contributed by atoms with Crippen LogP contribution in [0.5, 0.6) is 0 Å². The molecule has 0 aromatic carbocycles. The van der Waals surface area contributed by atoms with Crippen molar-refractivity contribution >= 4 is 16.9 Å². The number of aromatic nitrogens is 2. The number of hydrogen-bond acceptors (Lipinski definition) is 5. The highest BCUT2D eigenvalue weighted by Gasteiger charge is 2.28. The van der Waals surface area contributed by atoms with Crippen molar-refractivity contribution in [1.82, 2.24) is 9.55 Å². The minimum Gasteiger partial charge on any atom is -0.456 e. The molecule has 0 bridgehead atoms. The van der Waals surface area contributed by atoms with E-state index in [4.69, 9.17) is 10.5 Å². The zero-order valence-corrected chi connectivity index (χ0v) is 18.7. The van der Waals surface area contributed by atoms with E-state index in [0.717, 1.165) is 0 Å². The number of carbonyl (C=O) groups excluding carboxylic acids is 1. The van der Waals surface area contributed by atoms with Gasteiger partial charge in [0.1, 0.15) is 16.7 Å². The van der Waals surface area contributed by atoms with E-state index in [-0.39, 0.29) is 16.6 Å². The molecular weight excluding hydrogens is 370 g/mol. The predicted octanol–water partition coefficient (Wildman–Crippen LogP) is 2.61. The third-order valence-corrected chi connectivity index (χ3v) is 4.14. The summed E-state index contributed by atoms with van der Waals surface area (Å²) < 4.78 is 7.03. The first kappa shape index (κ1) is 24.5. The molecule has 0 amide bonds. The molecule has 0 aliphatic carbocycles. The van der Waals surface area contributed by atoms with E-state index in [1.165, 1.54) is 4.57 Å². The van der Waals surface area contributed by atoms with E-state index in [9.17, 15) is 14.7 Å². The van der Waals surface area contributed by atoms with E-state index in [0.29, 0.717) is 29.6 Å². The Bertz CT molecular complexity index is 995. The second kappa shape index (κ2) is 9.29. The number of esters is 1. The van der Waals surface area contributed by atoms with Gasteiger partial charge < -0.3 is 25.1 Å². The molecule has 2 heterocycles. The van der Waals surface area contributed by atoms with Gasteiger partial charge in [-0.2, -0.15) is 0 Å². The lowest BCUT2D eigenvalue weighted by Crippen LogP contribution is -2.31. The summed E-state index contributed by atoms with van der Waals surface area (Å²) in [5, 5.41) is 10.3. The number of aromatic amines is 1. The fourth-order valence-corrected chi connectivity index (χ4v) is 2.82. The summed E-state index contributed by atoms with van der Waals surface area (Å²) in [7, 11) is 1.61. The van der Waals surface area contributed by atoms with Gasteiger partial charge in [0.15, 0.2) is 0 Å². The Balaban J connectivity index is 0.00000204. The lowest BCUT2D eigenvalue weighted by Gasteiger charge is -2.24. The first-order valence-electron chi connectivity index (χ1n) is 9.77.